The van der Waals surface area contributed by atoms with Gasteiger partial charge in [0.1, 0.15) is 5.75 Å². The van der Waals surface area contributed by atoms with Gasteiger partial charge in [-0.05, 0) is 48.7 Å². The summed E-state index contributed by atoms with van der Waals surface area (Å²) in [5, 5.41) is 0. The largest absolute Gasteiger partial charge is 0.493 e. The van der Waals surface area contributed by atoms with Crippen LogP contribution in [0.1, 0.15) is 30.7 Å². The van der Waals surface area contributed by atoms with Crippen LogP contribution in [0.25, 0.3) is 6.08 Å². The SMILES string of the molecule is CCOC(=O)C=Cc1ccc(OCCc2ccc(CC)cn2)cc1. The Labute approximate surface area is 143 Å². The Bertz CT molecular complexity index is 660. The number of hydrogen-bond acceptors (Lipinski definition) is 4. The first-order valence-corrected chi connectivity index (χ1v) is 8.22. The number of nitrogens with zero attached hydrogens (tertiary/aromatic N) is 1. The maximum absolute atomic E-state index is 11.3. The number of rotatable bonds is 8. The lowest BCUT2D eigenvalue weighted by Gasteiger charge is -2.06. The first-order valence-electron chi connectivity index (χ1n) is 8.22. The smallest absolute Gasteiger partial charge is 0.330 e. The van der Waals surface area contributed by atoms with Crippen molar-refractivity contribution in [3.05, 3.63) is 65.5 Å². The van der Waals surface area contributed by atoms with Crippen LogP contribution in [-0.4, -0.2) is 24.2 Å². The van der Waals surface area contributed by atoms with Crippen LogP contribution >= 0.6 is 0 Å². The predicted octanol–water partition coefficient (Wildman–Crippen LogP) is 3.84. The van der Waals surface area contributed by atoms with Gasteiger partial charge in [0, 0.05) is 24.4 Å². The lowest BCUT2D eigenvalue weighted by atomic mass is 10.2. The van der Waals surface area contributed by atoms with Gasteiger partial charge in [-0.3, -0.25) is 4.98 Å². The molecule has 24 heavy (non-hydrogen) atoms. The highest BCUT2D eigenvalue weighted by Crippen LogP contribution is 2.14. The third-order valence-electron chi connectivity index (χ3n) is 3.50. The van der Waals surface area contributed by atoms with Gasteiger partial charge in [-0.25, -0.2) is 4.79 Å². The lowest BCUT2D eigenvalue weighted by Crippen LogP contribution is -2.03. The minimum absolute atomic E-state index is 0.334. The van der Waals surface area contributed by atoms with Gasteiger partial charge in [0.05, 0.1) is 13.2 Å². The van der Waals surface area contributed by atoms with Gasteiger partial charge in [-0.2, -0.15) is 0 Å². The van der Waals surface area contributed by atoms with Crippen molar-refractivity contribution in [2.24, 2.45) is 0 Å². The van der Waals surface area contributed by atoms with E-state index in [1.165, 1.54) is 11.6 Å². The third-order valence-corrected chi connectivity index (χ3v) is 3.50. The molecular weight excluding hydrogens is 302 g/mol. The molecule has 2 rings (SSSR count). The maximum Gasteiger partial charge on any atom is 0.330 e. The molecule has 0 amide bonds. The minimum atomic E-state index is -0.334. The van der Waals surface area contributed by atoms with Gasteiger partial charge in [0.25, 0.3) is 0 Å². The second kappa shape index (κ2) is 9.50. The summed E-state index contributed by atoms with van der Waals surface area (Å²) < 4.78 is 10.6. The molecule has 0 N–H and O–H groups in total. The molecule has 0 saturated carbocycles. The minimum Gasteiger partial charge on any atom is -0.493 e. The summed E-state index contributed by atoms with van der Waals surface area (Å²) in [6.45, 7) is 4.86. The molecule has 0 radical (unpaired) electrons. The molecule has 0 atom stereocenters. The molecule has 0 aliphatic rings. The normalized spacial score (nSPS) is 10.8. The van der Waals surface area contributed by atoms with E-state index >= 15 is 0 Å². The van der Waals surface area contributed by atoms with Crippen LogP contribution in [0.15, 0.2) is 48.7 Å². The maximum atomic E-state index is 11.3. The second-order valence-electron chi connectivity index (χ2n) is 5.26. The molecule has 1 aromatic carbocycles. The van der Waals surface area contributed by atoms with Crippen molar-refractivity contribution in [2.75, 3.05) is 13.2 Å². The number of esters is 1. The molecule has 4 nitrogen and oxygen atoms in total. The van der Waals surface area contributed by atoms with Crippen molar-refractivity contribution < 1.29 is 14.3 Å². The zero-order valence-corrected chi connectivity index (χ0v) is 14.2. The molecule has 0 unspecified atom stereocenters. The van der Waals surface area contributed by atoms with Crippen LogP contribution in [0.3, 0.4) is 0 Å². The molecule has 0 spiro atoms. The standard InChI is InChI=1S/C20H23NO3/c1-3-16-5-9-18(21-15-16)13-14-24-19-10-6-17(7-11-19)8-12-20(22)23-4-2/h5-12,15H,3-4,13-14H2,1-2H3. The molecule has 1 heterocycles. The molecule has 0 aliphatic carbocycles. The monoisotopic (exact) mass is 325 g/mol. The fraction of sp³-hybridized carbons (Fsp3) is 0.300. The average molecular weight is 325 g/mol. The zero-order valence-electron chi connectivity index (χ0n) is 14.2. The van der Waals surface area contributed by atoms with E-state index in [2.05, 4.69) is 18.0 Å². The van der Waals surface area contributed by atoms with Crippen molar-refractivity contribution in [3.63, 3.8) is 0 Å². The summed E-state index contributed by atoms with van der Waals surface area (Å²) in [5.74, 6) is 0.466. The van der Waals surface area contributed by atoms with Crippen molar-refractivity contribution in [1.29, 1.82) is 0 Å². The van der Waals surface area contributed by atoms with Gasteiger partial charge in [0.15, 0.2) is 0 Å². The molecular formula is C20H23NO3. The van der Waals surface area contributed by atoms with Crippen molar-refractivity contribution in [3.8, 4) is 5.75 Å². The molecule has 0 saturated heterocycles. The predicted molar refractivity (Wildman–Crippen MR) is 94.9 cm³/mol. The quantitative estimate of drug-likeness (QED) is 0.546. The van der Waals surface area contributed by atoms with Crippen LogP contribution < -0.4 is 4.74 Å². The van der Waals surface area contributed by atoms with Gasteiger partial charge < -0.3 is 9.47 Å². The van der Waals surface area contributed by atoms with E-state index in [0.29, 0.717) is 13.2 Å². The van der Waals surface area contributed by atoms with Crippen LogP contribution in [0.5, 0.6) is 5.75 Å². The summed E-state index contributed by atoms with van der Waals surface area (Å²) in [5.41, 5.74) is 3.19. The number of hydrogen-bond donors (Lipinski definition) is 0. The molecule has 0 fully saturated rings. The summed E-state index contributed by atoms with van der Waals surface area (Å²) in [4.78, 5) is 15.7. The number of ether oxygens (including phenoxy) is 2. The number of carbonyl (C=O) groups excluding carboxylic acids is 1. The Balaban J connectivity index is 1.79. The Morgan fingerprint density at radius 1 is 1.12 bits per heavy atom. The summed E-state index contributed by atoms with van der Waals surface area (Å²) in [6, 6.07) is 11.7. The number of pyridine rings is 1. The molecule has 0 aliphatic heterocycles. The Hall–Kier alpha value is -2.62. The van der Waals surface area contributed by atoms with E-state index in [1.54, 1.807) is 13.0 Å². The van der Waals surface area contributed by atoms with E-state index in [0.717, 1.165) is 29.8 Å². The fourth-order valence-corrected chi connectivity index (χ4v) is 2.12. The molecule has 2 aromatic rings. The third kappa shape index (κ3) is 5.88. The second-order valence-corrected chi connectivity index (χ2v) is 5.26. The number of aromatic nitrogens is 1. The Morgan fingerprint density at radius 2 is 1.92 bits per heavy atom. The van der Waals surface area contributed by atoms with Gasteiger partial charge in [-0.15, -0.1) is 0 Å². The van der Waals surface area contributed by atoms with E-state index in [4.69, 9.17) is 9.47 Å². The highest BCUT2D eigenvalue weighted by molar-refractivity contribution is 5.87. The van der Waals surface area contributed by atoms with Gasteiger partial charge in [0.2, 0.25) is 0 Å². The Morgan fingerprint density at radius 3 is 2.54 bits per heavy atom. The van der Waals surface area contributed by atoms with E-state index in [9.17, 15) is 4.79 Å². The first-order chi connectivity index (χ1) is 11.7. The van der Waals surface area contributed by atoms with Gasteiger partial charge >= 0.3 is 5.97 Å². The molecule has 1 aromatic heterocycles. The van der Waals surface area contributed by atoms with Crippen molar-refractivity contribution >= 4 is 12.0 Å². The molecule has 126 valence electrons. The highest BCUT2D eigenvalue weighted by atomic mass is 16.5. The highest BCUT2D eigenvalue weighted by Gasteiger charge is 1.99. The van der Waals surface area contributed by atoms with Crippen LogP contribution in [0.4, 0.5) is 0 Å². The average Bonchev–Trinajstić information content (AvgIpc) is 2.62. The van der Waals surface area contributed by atoms with Crippen molar-refractivity contribution in [2.45, 2.75) is 26.7 Å². The number of benzene rings is 1. The Kier molecular flexibility index (Phi) is 7.02. The fourth-order valence-electron chi connectivity index (χ4n) is 2.12. The lowest BCUT2D eigenvalue weighted by molar-refractivity contribution is -0.137. The van der Waals surface area contributed by atoms with E-state index in [1.807, 2.05) is 36.5 Å². The molecule has 4 heteroatoms. The zero-order chi connectivity index (χ0) is 17.2. The topological polar surface area (TPSA) is 48.4 Å². The summed E-state index contributed by atoms with van der Waals surface area (Å²) >= 11 is 0. The molecule has 0 bridgehead atoms. The van der Waals surface area contributed by atoms with E-state index < -0.39 is 0 Å². The summed E-state index contributed by atoms with van der Waals surface area (Å²) in [7, 11) is 0. The van der Waals surface area contributed by atoms with Crippen LogP contribution in [0, 0.1) is 0 Å². The first kappa shape index (κ1) is 17.7. The number of carbonyl (C=O) groups is 1. The van der Waals surface area contributed by atoms with Crippen LogP contribution in [-0.2, 0) is 22.4 Å². The van der Waals surface area contributed by atoms with Crippen LogP contribution in [0.2, 0.25) is 0 Å². The number of aryl methyl sites for hydroxylation is 1. The summed E-state index contributed by atoms with van der Waals surface area (Å²) in [6.07, 6.45) is 6.83. The van der Waals surface area contributed by atoms with E-state index in [-0.39, 0.29) is 5.97 Å². The van der Waals surface area contributed by atoms with Gasteiger partial charge in [-0.1, -0.05) is 25.1 Å². The van der Waals surface area contributed by atoms with Crippen molar-refractivity contribution in [1.82, 2.24) is 4.98 Å².